The molecule has 7 heteroatoms. The van der Waals surface area contributed by atoms with Crippen molar-refractivity contribution in [3.05, 3.63) is 129 Å². The third-order valence-electron chi connectivity index (χ3n) is 9.14. The van der Waals surface area contributed by atoms with E-state index in [4.69, 9.17) is 21.1 Å². The number of Topliss-reactive ketones (excluding diaryl/α,β-unsaturated/α-hetero) is 3. The quantitative estimate of drug-likeness (QED) is 0.185. The summed E-state index contributed by atoms with van der Waals surface area (Å²) in [7, 11) is 3.08. The number of nitrogens with zero attached hydrogens (tertiary/aromatic N) is 1. The van der Waals surface area contributed by atoms with E-state index in [1.807, 2.05) is 54.3 Å². The molecule has 3 aliphatic rings. The molecule has 1 fully saturated rings. The first kappa shape index (κ1) is 27.2. The summed E-state index contributed by atoms with van der Waals surface area (Å²) in [4.78, 5) is 46.4. The molecule has 0 saturated carbocycles. The number of rotatable bonds is 5. The summed E-state index contributed by atoms with van der Waals surface area (Å²) in [6, 6.07) is 23.6. The standard InChI is InChI=1S/C36H28ClNO5/c1-20-8-10-21(11-9-20)33(39)32-31(23-12-16-28(42-2)29(19-23)43-3)36(34(40)25-6-4-5-7-26(25)35(36)41)30-17-13-22-18-24(37)14-15-27(22)38(30)32/h4-19,30-32H,1-3H3/t30-,31-,32+/m1/s1. The Morgan fingerprint density at radius 1 is 0.837 bits per heavy atom. The topological polar surface area (TPSA) is 72.9 Å². The van der Waals surface area contributed by atoms with Gasteiger partial charge < -0.3 is 14.4 Å². The first-order valence-corrected chi connectivity index (χ1v) is 14.5. The third-order valence-corrected chi connectivity index (χ3v) is 9.37. The molecule has 3 atom stereocenters. The number of aryl methyl sites for hydroxylation is 1. The molecule has 0 aromatic heterocycles. The molecule has 2 aliphatic heterocycles. The molecule has 4 aromatic carbocycles. The highest BCUT2D eigenvalue weighted by atomic mass is 35.5. The van der Waals surface area contributed by atoms with E-state index >= 15 is 0 Å². The van der Waals surface area contributed by atoms with Crippen LogP contribution >= 0.6 is 11.6 Å². The van der Waals surface area contributed by atoms with Crippen molar-refractivity contribution in [2.75, 3.05) is 19.1 Å². The van der Waals surface area contributed by atoms with Crippen LogP contribution in [0.2, 0.25) is 5.02 Å². The van der Waals surface area contributed by atoms with Crippen molar-refractivity contribution in [2.24, 2.45) is 5.41 Å². The normalized spacial score (nSPS) is 21.0. The summed E-state index contributed by atoms with van der Waals surface area (Å²) >= 11 is 6.39. The van der Waals surface area contributed by atoms with E-state index in [1.165, 1.54) is 7.11 Å². The van der Waals surface area contributed by atoms with Crippen LogP contribution in [0.15, 0.2) is 91.0 Å². The molecular weight excluding hydrogens is 562 g/mol. The summed E-state index contributed by atoms with van der Waals surface area (Å²) in [5.74, 6) is -0.670. The second-order valence-corrected chi connectivity index (χ2v) is 11.7. The van der Waals surface area contributed by atoms with Crippen LogP contribution in [0, 0.1) is 12.3 Å². The van der Waals surface area contributed by atoms with Gasteiger partial charge in [-0.25, -0.2) is 0 Å². The van der Waals surface area contributed by atoms with Gasteiger partial charge in [-0.1, -0.05) is 83.9 Å². The Morgan fingerprint density at radius 2 is 1.51 bits per heavy atom. The van der Waals surface area contributed by atoms with E-state index in [1.54, 1.807) is 61.7 Å². The Bertz CT molecular complexity index is 1830. The molecule has 1 saturated heterocycles. The second-order valence-electron chi connectivity index (χ2n) is 11.3. The smallest absolute Gasteiger partial charge is 0.185 e. The highest BCUT2D eigenvalue weighted by molar-refractivity contribution is 6.32. The predicted octanol–water partition coefficient (Wildman–Crippen LogP) is 6.98. The molecule has 43 heavy (non-hydrogen) atoms. The van der Waals surface area contributed by atoms with Crippen LogP contribution in [-0.2, 0) is 0 Å². The molecule has 0 N–H and O–H groups in total. The summed E-state index contributed by atoms with van der Waals surface area (Å²) in [5, 5.41) is 0.550. The van der Waals surface area contributed by atoms with Crippen molar-refractivity contribution in [3.8, 4) is 11.5 Å². The second kappa shape index (κ2) is 9.96. The van der Waals surface area contributed by atoms with Gasteiger partial charge in [-0.3, -0.25) is 14.4 Å². The fourth-order valence-corrected chi connectivity index (χ4v) is 7.44. The van der Waals surface area contributed by atoms with Crippen LogP contribution in [0.1, 0.15) is 53.7 Å². The maximum atomic E-state index is 14.8. The highest BCUT2D eigenvalue weighted by Crippen LogP contribution is 2.61. The third kappa shape index (κ3) is 3.76. The summed E-state index contributed by atoms with van der Waals surface area (Å²) < 4.78 is 11.2. The number of hydrogen-bond donors (Lipinski definition) is 0. The predicted molar refractivity (Wildman–Crippen MR) is 166 cm³/mol. The average Bonchev–Trinajstić information content (AvgIpc) is 3.46. The number of carbonyl (C=O) groups is 3. The highest BCUT2D eigenvalue weighted by Gasteiger charge is 2.71. The van der Waals surface area contributed by atoms with Crippen molar-refractivity contribution in [2.45, 2.75) is 24.9 Å². The van der Waals surface area contributed by atoms with Crippen molar-refractivity contribution in [3.63, 3.8) is 0 Å². The fraction of sp³-hybridized carbons (Fsp3) is 0.194. The molecule has 0 radical (unpaired) electrons. The summed E-state index contributed by atoms with van der Waals surface area (Å²) in [6.07, 6.45) is 3.79. The molecule has 6 nitrogen and oxygen atoms in total. The van der Waals surface area contributed by atoms with Gasteiger partial charge in [-0.2, -0.15) is 0 Å². The van der Waals surface area contributed by atoms with Gasteiger partial charge in [-0.15, -0.1) is 0 Å². The lowest BCUT2D eigenvalue weighted by Gasteiger charge is -2.37. The average molecular weight is 590 g/mol. The summed E-state index contributed by atoms with van der Waals surface area (Å²) in [5.41, 5.74) is 2.83. The van der Waals surface area contributed by atoms with Gasteiger partial charge in [0, 0.05) is 33.3 Å². The molecule has 2 heterocycles. The minimum Gasteiger partial charge on any atom is -0.493 e. The van der Waals surface area contributed by atoms with E-state index in [0.717, 1.165) is 16.8 Å². The lowest BCUT2D eigenvalue weighted by atomic mass is 9.64. The number of ether oxygens (including phenoxy) is 2. The Kier molecular flexibility index (Phi) is 6.29. The number of benzene rings is 4. The lowest BCUT2D eigenvalue weighted by molar-refractivity contribution is 0.0665. The summed E-state index contributed by atoms with van der Waals surface area (Å²) in [6.45, 7) is 1.96. The number of ketones is 3. The van der Waals surface area contributed by atoms with Crippen LogP contribution < -0.4 is 14.4 Å². The fourth-order valence-electron chi connectivity index (χ4n) is 7.26. The van der Waals surface area contributed by atoms with Crippen LogP contribution in [0.4, 0.5) is 5.69 Å². The molecular formula is C36H28ClNO5. The molecule has 0 unspecified atom stereocenters. The zero-order valence-electron chi connectivity index (χ0n) is 23.8. The van der Waals surface area contributed by atoms with Crippen LogP contribution in [0.25, 0.3) is 6.08 Å². The monoisotopic (exact) mass is 589 g/mol. The first-order valence-electron chi connectivity index (χ1n) is 14.1. The van der Waals surface area contributed by atoms with Crippen molar-refractivity contribution >= 4 is 40.7 Å². The van der Waals surface area contributed by atoms with Gasteiger partial charge in [0.2, 0.25) is 0 Å². The minimum absolute atomic E-state index is 0.186. The largest absolute Gasteiger partial charge is 0.493 e. The number of halogens is 1. The van der Waals surface area contributed by atoms with Gasteiger partial charge in [0.25, 0.3) is 0 Å². The minimum atomic E-state index is -1.61. The maximum absolute atomic E-state index is 14.8. The first-order chi connectivity index (χ1) is 20.8. The van der Waals surface area contributed by atoms with Crippen molar-refractivity contribution in [1.82, 2.24) is 0 Å². The van der Waals surface area contributed by atoms with Crippen molar-refractivity contribution < 1.29 is 23.9 Å². The Balaban J connectivity index is 1.55. The molecule has 4 aromatic rings. The molecule has 1 aliphatic carbocycles. The van der Waals surface area contributed by atoms with Gasteiger partial charge in [-0.05, 0) is 48.4 Å². The van der Waals surface area contributed by atoms with Crippen molar-refractivity contribution in [1.29, 1.82) is 0 Å². The van der Waals surface area contributed by atoms with Gasteiger partial charge in [0.05, 0.1) is 20.3 Å². The Morgan fingerprint density at radius 3 is 2.16 bits per heavy atom. The van der Waals surface area contributed by atoms with Crippen LogP contribution in [0.5, 0.6) is 11.5 Å². The van der Waals surface area contributed by atoms with E-state index < -0.39 is 23.4 Å². The molecule has 0 amide bonds. The number of carbonyl (C=O) groups excluding carboxylic acids is 3. The van der Waals surface area contributed by atoms with Gasteiger partial charge in [0.1, 0.15) is 11.5 Å². The van der Waals surface area contributed by atoms with Gasteiger partial charge >= 0.3 is 0 Å². The van der Waals surface area contributed by atoms with E-state index in [-0.39, 0.29) is 17.3 Å². The van der Waals surface area contributed by atoms with Crippen LogP contribution in [-0.4, -0.2) is 43.7 Å². The van der Waals surface area contributed by atoms with E-state index in [9.17, 15) is 14.4 Å². The molecule has 7 rings (SSSR count). The zero-order chi connectivity index (χ0) is 30.0. The Hall–Kier alpha value is -4.68. The molecule has 214 valence electrons. The lowest BCUT2D eigenvalue weighted by Crippen LogP contribution is -2.48. The van der Waals surface area contributed by atoms with E-state index in [0.29, 0.717) is 38.8 Å². The number of fused-ring (bicyclic) bond motifs is 5. The van der Waals surface area contributed by atoms with Crippen LogP contribution in [0.3, 0.4) is 0 Å². The maximum Gasteiger partial charge on any atom is 0.185 e. The SMILES string of the molecule is COc1ccc([C@@H]2[C@@H](C(=O)c3ccc(C)cc3)N3c4ccc(Cl)cc4C=C[C@@H]3C23C(=O)c2ccccc2C3=O)cc1OC. The van der Waals surface area contributed by atoms with E-state index in [2.05, 4.69) is 0 Å². The molecule has 0 bridgehead atoms. The van der Waals surface area contributed by atoms with Gasteiger partial charge in [0.15, 0.2) is 28.8 Å². The Labute approximate surface area is 254 Å². The number of hydrogen-bond acceptors (Lipinski definition) is 6. The molecule has 1 spiro atoms. The zero-order valence-corrected chi connectivity index (χ0v) is 24.6. The number of anilines is 1. The number of methoxy groups -OCH3 is 2.